The van der Waals surface area contributed by atoms with Crippen LogP contribution in [0.25, 0.3) is 11.1 Å². The molecule has 0 spiro atoms. The first-order valence-electron chi connectivity index (χ1n) is 7.68. The number of oxazole rings is 1. The van der Waals surface area contributed by atoms with Gasteiger partial charge in [0, 0.05) is 32.3 Å². The smallest absolute Gasteiger partial charge is 0.321 e. The van der Waals surface area contributed by atoms with Crippen LogP contribution in [0.3, 0.4) is 0 Å². The Hall–Kier alpha value is -2.08. The molecule has 0 aliphatic carbocycles. The van der Waals surface area contributed by atoms with Gasteiger partial charge >= 0.3 is 6.03 Å². The number of hydrogen-bond acceptors (Lipinski definition) is 4. The predicted octanol–water partition coefficient (Wildman–Crippen LogP) is 3.15. The molecule has 120 valence electrons. The molecule has 0 bridgehead atoms. The van der Waals surface area contributed by atoms with Crippen molar-refractivity contribution in [1.29, 1.82) is 0 Å². The van der Waals surface area contributed by atoms with Crippen LogP contribution >= 0.6 is 0 Å². The number of urea groups is 1. The molecule has 0 unspecified atom stereocenters. The number of unbranched alkanes of at least 4 members (excludes halogenated alkanes) is 1. The minimum atomic E-state index is -0.151. The van der Waals surface area contributed by atoms with E-state index in [0.29, 0.717) is 36.7 Å². The number of hydrogen-bond donors (Lipinski definition) is 2. The Morgan fingerprint density at radius 2 is 2.14 bits per heavy atom. The maximum absolute atomic E-state index is 12.4. The number of nitrogens with one attached hydrogen (secondary N) is 1. The van der Waals surface area contributed by atoms with Crippen LogP contribution in [0.5, 0.6) is 0 Å². The van der Waals surface area contributed by atoms with Crippen molar-refractivity contribution in [3.63, 3.8) is 0 Å². The van der Waals surface area contributed by atoms with Gasteiger partial charge in [-0.1, -0.05) is 13.3 Å². The van der Waals surface area contributed by atoms with Gasteiger partial charge in [0.1, 0.15) is 5.52 Å². The number of benzene rings is 1. The maximum Gasteiger partial charge on any atom is 0.321 e. The van der Waals surface area contributed by atoms with Gasteiger partial charge in [-0.05, 0) is 31.0 Å². The lowest BCUT2D eigenvalue weighted by atomic mass is 10.3. The molecule has 2 aromatic rings. The summed E-state index contributed by atoms with van der Waals surface area (Å²) in [6, 6.07) is 5.25. The highest BCUT2D eigenvalue weighted by atomic mass is 16.3. The molecule has 22 heavy (non-hydrogen) atoms. The van der Waals surface area contributed by atoms with E-state index in [2.05, 4.69) is 17.2 Å². The Bertz CT molecular complexity index is 616. The number of rotatable bonds is 7. The van der Waals surface area contributed by atoms with Crippen LogP contribution in [0.2, 0.25) is 0 Å². The van der Waals surface area contributed by atoms with Gasteiger partial charge in [0.25, 0.3) is 0 Å². The van der Waals surface area contributed by atoms with Crippen molar-refractivity contribution in [1.82, 2.24) is 9.88 Å². The van der Waals surface area contributed by atoms with Gasteiger partial charge in [-0.3, -0.25) is 0 Å². The first kappa shape index (κ1) is 16.3. The SMILES string of the molecule is CCCCN(CCCO)C(=O)Nc1ccc2oc(C)nc2c1. The van der Waals surface area contributed by atoms with E-state index in [1.165, 1.54) is 0 Å². The lowest BCUT2D eigenvalue weighted by molar-refractivity contribution is 0.201. The van der Waals surface area contributed by atoms with Crippen LogP contribution in [0.4, 0.5) is 10.5 Å². The summed E-state index contributed by atoms with van der Waals surface area (Å²) in [6.45, 7) is 5.20. The highest BCUT2D eigenvalue weighted by Crippen LogP contribution is 2.20. The molecule has 1 heterocycles. The highest BCUT2D eigenvalue weighted by Gasteiger charge is 2.13. The van der Waals surface area contributed by atoms with Gasteiger partial charge < -0.3 is 19.7 Å². The molecule has 0 saturated heterocycles. The maximum atomic E-state index is 12.4. The second kappa shape index (κ2) is 7.79. The van der Waals surface area contributed by atoms with Crippen molar-refractivity contribution in [3.05, 3.63) is 24.1 Å². The molecule has 6 heteroatoms. The van der Waals surface area contributed by atoms with Crippen molar-refractivity contribution in [2.24, 2.45) is 0 Å². The number of aryl methyl sites for hydroxylation is 1. The van der Waals surface area contributed by atoms with E-state index in [1.807, 2.05) is 0 Å². The van der Waals surface area contributed by atoms with Crippen LogP contribution in [-0.2, 0) is 0 Å². The zero-order valence-corrected chi connectivity index (χ0v) is 13.1. The van der Waals surface area contributed by atoms with Crippen molar-refractivity contribution in [2.45, 2.75) is 33.1 Å². The zero-order chi connectivity index (χ0) is 15.9. The molecule has 2 N–H and O–H groups in total. The minimum Gasteiger partial charge on any atom is -0.441 e. The van der Waals surface area contributed by atoms with E-state index in [9.17, 15) is 4.79 Å². The summed E-state index contributed by atoms with van der Waals surface area (Å²) in [5.41, 5.74) is 2.13. The molecule has 1 aromatic carbocycles. The number of fused-ring (bicyclic) bond motifs is 1. The summed E-state index contributed by atoms with van der Waals surface area (Å²) < 4.78 is 5.42. The summed E-state index contributed by atoms with van der Waals surface area (Å²) in [5.74, 6) is 0.603. The number of aliphatic hydroxyl groups excluding tert-OH is 1. The highest BCUT2D eigenvalue weighted by molar-refractivity contribution is 5.91. The molecule has 6 nitrogen and oxygen atoms in total. The number of carbonyl (C=O) groups excluding carboxylic acids is 1. The van der Waals surface area contributed by atoms with Crippen molar-refractivity contribution < 1.29 is 14.3 Å². The van der Waals surface area contributed by atoms with E-state index < -0.39 is 0 Å². The van der Waals surface area contributed by atoms with Crippen LogP contribution in [0.1, 0.15) is 32.1 Å². The van der Waals surface area contributed by atoms with Gasteiger partial charge in [-0.25, -0.2) is 9.78 Å². The standard InChI is InChI=1S/C16H23N3O3/c1-3-4-8-19(9-5-10-20)16(21)18-13-6-7-15-14(11-13)17-12(2)22-15/h6-7,11,20H,3-5,8-10H2,1-2H3,(H,18,21). The molecule has 2 amide bonds. The van der Waals surface area contributed by atoms with E-state index in [0.717, 1.165) is 18.4 Å². The second-order valence-electron chi connectivity index (χ2n) is 5.26. The number of nitrogens with zero attached hydrogens (tertiary/aromatic N) is 2. The van der Waals surface area contributed by atoms with E-state index in [-0.39, 0.29) is 12.6 Å². The minimum absolute atomic E-state index is 0.0834. The van der Waals surface area contributed by atoms with Crippen molar-refractivity contribution in [3.8, 4) is 0 Å². The normalized spacial score (nSPS) is 10.9. The Balaban J connectivity index is 2.05. The van der Waals surface area contributed by atoms with Crippen LogP contribution in [-0.4, -0.2) is 40.7 Å². The number of aromatic nitrogens is 1. The fourth-order valence-corrected chi connectivity index (χ4v) is 2.25. The van der Waals surface area contributed by atoms with Gasteiger partial charge in [0.05, 0.1) is 0 Å². The Labute approximate surface area is 130 Å². The molecule has 0 radical (unpaired) electrons. The monoisotopic (exact) mass is 305 g/mol. The van der Waals surface area contributed by atoms with E-state index in [4.69, 9.17) is 9.52 Å². The first-order chi connectivity index (χ1) is 10.6. The summed E-state index contributed by atoms with van der Waals surface area (Å²) in [5, 5.41) is 11.8. The fourth-order valence-electron chi connectivity index (χ4n) is 2.25. The van der Waals surface area contributed by atoms with E-state index in [1.54, 1.807) is 30.0 Å². The number of carbonyl (C=O) groups is 1. The lowest BCUT2D eigenvalue weighted by Gasteiger charge is -2.22. The number of amides is 2. The Morgan fingerprint density at radius 3 is 2.86 bits per heavy atom. The lowest BCUT2D eigenvalue weighted by Crippen LogP contribution is -2.36. The third kappa shape index (κ3) is 4.21. The summed E-state index contributed by atoms with van der Waals surface area (Å²) >= 11 is 0. The van der Waals surface area contributed by atoms with Gasteiger partial charge in [-0.15, -0.1) is 0 Å². The number of anilines is 1. The Morgan fingerprint density at radius 1 is 1.36 bits per heavy atom. The zero-order valence-electron chi connectivity index (χ0n) is 13.1. The molecular weight excluding hydrogens is 282 g/mol. The molecule has 0 atom stereocenters. The van der Waals surface area contributed by atoms with Crippen LogP contribution in [0.15, 0.2) is 22.6 Å². The van der Waals surface area contributed by atoms with Crippen molar-refractivity contribution in [2.75, 3.05) is 25.0 Å². The summed E-state index contributed by atoms with van der Waals surface area (Å²) in [6.07, 6.45) is 2.55. The Kier molecular flexibility index (Phi) is 5.77. The fraction of sp³-hybridized carbons (Fsp3) is 0.500. The molecule has 0 aliphatic rings. The second-order valence-corrected chi connectivity index (χ2v) is 5.26. The van der Waals surface area contributed by atoms with Crippen molar-refractivity contribution >= 4 is 22.8 Å². The third-order valence-electron chi connectivity index (χ3n) is 3.40. The predicted molar refractivity (Wildman–Crippen MR) is 85.9 cm³/mol. The molecule has 2 rings (SSSR count). The molecule has 0 fully saturated rings. The average molecular weight is 305 g/mol. The quantitative estimate of drug-likeness (QED) is 0.823. The first-order valence-corrected chi connectivity index (χ1v) is 7.68. The van der Waals surface area contributed by atoms with Crippen LogP contribution in [0, 0.1) is 6.92 Å². The van der Waals surface area contributed by atoms with Crippen LogP contribution < -0.4 is 5.32 Å². The summed E-state index contributed by atoms with van der Waals surface area (Å²) in [4.78, 5) is 18.3. The van der Waals surface area contributed by atoms with Gasteiger partial charge in [0.15, 0.2) is 11.5 Å². The average Bonchev–Trinajstić information content (AvgIpc) is 2.86. The van der Waals surface area contributed by atoms with Gasteiger partial charge in [-0.2, -0.15) is 0 Å². The molecule has 1 aromatic heterocycles. The topological polar surface area (TPSA) is 78.6 Å². The van der Waals surface area contributed by atoms with E-state index >= 15 is 0 Å². The van der Waals surface area contributed by atoms with Gasteiger partial charge in [0.2, 0.25) is 0 Å². The molecule has 0 aliphatic heterocycles. The molecular formula is C16H23N3O3. The summed E-state index contributed by atoms with van der Waals surface area (Å²) in [7, 11) is 0. The number of aliphatic hydroxyl groups is 1. The largest absolute Gasteiger partial charge is 0.441 e. The molecule has 0 saturated carbocycles. The third-order valence-corrected chi connectivity index (χ3v) is 3.40.